The van der Waals surface area contributed by atoms with Crippen molar-refractivity contribution in [2.45, 2.75) is 25.7 Å². The van der Waals surface area contributed by atoms with Gasteiger partial charge in [0.1, 0.15) is 0 Å². The van der Waals surface area contributed by atoms with Gasteiger partial charge in [-0.25, -0.2) is 0 Å². The Morgan fingerprint density at radius 1 is 1.21 bits per heavy atom. The molecule has 0 N–H and O–H groups in total. The molecule has 0 fully saturated rings. The Balaban J connectivity index is 2.45. The minimum Gasteiger partial charge on any atom is -0.305 e. The van der Waals surface area contributed by atoms with E-state index in [1.807, 2.05) is 0 Å². The summed E-state index contributed by atoms with van der Waals surface area (Å²) in [6.07, 6.45) is 1.19. The van der Waals surface area contributed by atoms with Gasteiger partial charge in [0.15, 0.2) is 0 Å². The predicted molar refractivity (Wildman–Crippen MR) is 60.7 cm³/mol. The van der Waals surface area contributed by atoms with Crippen molar-refractivity contribution in [1.29, 1.82) is 0 Å². The third-order valence-electron chi connectivity index (χ3n) is 3.17. The number of rotatable bonds is 0. The number of likely N-dealkylation sites (N-methyl/N-ethyl adjacent to an activating group) is 1. The molecular weight excluding hydrogens is 170 g/mol. The third kappa shape index (κ3) is 1.69. The van der Waals surface area contributed by atoms with E-state index < -0.39 is 0 Å². The summed E-state index contributed by atoms with van der Waals surface area (Å²) >= 11 is 0. The molecule has 0 atom stereocenters. The van der Waals surface area contributed by atoms with Gasteiger partial charge >= 0.3 is 0 Å². The lowest BCUT2D eigenvalue weighted by atomic mass is 9.82. The summed E-state index contributed by atoms with van der Waals surface area (Å²) in [6.45, 7) is 7.02. The first kappa shape index (κ1) is 9.72. The topological polar surface area (TPSA) is 3.24 Å². The first-order chi connectivity index (χ1) is 6.59. The fourth-order valence-electron chi connectivity index (χ4n) is 2.55. The average molecular weight is 189 g/mol. The molecule has 76 valence electrons. The second-order valence-electron chi connectivity index (χ2n) is 5.03. The van der Waals surface area contributed by atoms with Crippen molar-refractivity contribution in [1.82, 2.24) is 4.90 Å². The van der Waals surface area contributed by atoms with Gasteiger partial charge in [-0.15, -0.1) is 0 Å². The maximum Gasteiger partial charge on any atom is 0.00705 e. The smallest absolute Gasteiger partial charge is 0.00705 e. The van der Waals surface area contributed by atoms with E-state index in [9.17, 15) is 0 Å². The second-order valence-corrected chi connectivity index (χ2v) is 5.03. The van der Waals surface area contributed by atoms with Gasteiger partial charge < -0.3 is 4.90 Å². The van der Waals surface area contributed by atoms with Crippen LogP contribution in [0.4, 0.5) is 0 Å². The highest BCUT2D eigenvalue weighted by molar-refractivity contribution is 5.35. The van der Waals surface area contributed by atoms with E-state index in [0.717, 1.165) is 6.54 Å². The lowest BCUT2D eigenvalue weighted by Crippen LogP contribution is -2.32. The second kappa shape index (κ2) is 3.39. The molecule has 0 spiro atoms. The summed E-state index contributed by atoms with van der Waals surface area (Å²) in [5.74, 6) is 0. The predicted octanol–water partition coefficient (Wildman–Crippen LogP) is 2.45. The standard InChI is InChI=1S/C13H19N/c1-13(2)10-14(3)9-8-11-6-4-5-7-12(11)13/h4-7H,8-10H2,1-3H3. The SMILES string of the molecule is CN1CCc2ccccc2C(C)(C)C1. The molecule has 1 aromatic rings. The lowest BCUT2D eigenvalue weighted by molar-refractivity contribution is 0.283. The average Bonchev–Trinajstić information content (AvgIpc) is 2.24. The molecule has 1 aliphatic heterocycles. The van der Waals surface area contributed by atoms with Crippen molar-refractivity contribution in [2.24, 2.45) is 0 Å². The Morgan fingerprint density at radius 2 is 1.93 bits per heavy atom. The van der Waals surface area contributed by atoms with E-state index in [0.29, 0.717) is 5.41 Å². The number of nitrogens with zero attached hydrogens (tertiary/aromatic N) is 1. The van der Waals surface area contributed by atoms with Crippen molar-refractivity contribution >= 4 is 0 Å². The summed E-state index contributed by atoms with van der Waals surface area (Å²) < 4.78 is 0. The zero-order chi connectivity index (χ0) is 10.2. The van der Waals surface area contributed by atoms with Gasteiger partial charge in [0, 0.05) is 18.5 Å². The van der Waals surface area contributed by atoms with Crippen LogP contribution in [0, 0.1) is 0 Å². The van der Waals surface area contributed by atoms with Gasteiger partial charge in [0.05, 0.1) is 0 Å². The van der Waals surface area contributed by atoms with Crippen molar-refractivity contribution in [2.75, 3.05) is 20.1 Å². The van der Waals surface area contributed by atoms with Crippen LogP contribution in [0.5, 0.6) is 0 Å². The molecule has 0 aromatic heterocycles. The largest absolute Gasteiger partial charge is 0.305 e. The molecule has 2 rings (SSSR count). The quantitative estimate of drug-likeness (QED) is 0.606. The van der Waals surface area contributed by atoms with Crippen LogP contribution in [0.2, 0.25) is 0 Å². The molecule has 0 saturated carbocycles. The van der Waals surface area contributed by atoms with Crippen LogP contribution in [0.15, 0.2) is 24.3 Å². The number of benzene rings is 1. The third-order valence-corrected chi connectivity index (χ3v) is 3.17. The molecule has 1 aliphatic rings. The van der Waals surface area contributed by atoms with Crippen LogP contribution in [0.1, 0.15) is 25.0 Å². The summed E-state index contributed by atoms with van der Waals surface area (Å²) in [7, 11) is 2.22. The highest BCUT2D eigenvalue weighted by atomic mass is 15.1. The molecule has 0 bridgehead atoms. The molecule has 14 heavy (non-hydrogen) atoms. The number of hydrogen-bond donors (Lipinski definition) is 0. The highest BCUT2D eigenvalue weighted by Crippen LogP contribution is 2.29. The van der Waals surface area contributed by atoms with E-state index in [-0.39, 0.29) is 0 Å². The normalized spacial score (nSPS) is 21.4. The van der Waals surface area contributed by atoms with Crippen LogP contribution in [0.25, 0.3) is 0 Å². The van der Waals surface area contributed by atoms with Gasteiger partial charge in [-0.3, -0.25) is 0 Å². The van der Waals surface area contributed by atoms with Crippen LogP contribution in [-0.4, -0.2) is 25.0 Å². The Morgan fingerprint density at radius 3 is 2.71 bits per heavy atom. The Labute approximate surface area is 86.7 Å². The summed E-state index contributed by atoms with van der Waals surface area (Å²) in [5, 5.41) is 0. The maximum atomic E-state index is 2.43. The van der Waals surface area contributed by atoms with E-state index >= 15 is 0 Å². The van der Waals surface area contributed by atoms with E-state index in [4.69, 9.17) is 0 Å². The molecule has 1 aromatic carbocycles. The highest BCUT2D eigenvalue weighted by Gasteiger charge is 2.27. The summed E-state index contributed by atoms with van der Waals surface area (Å²) in [4.78, 5) is 2.43. The Kier molecular flexibility index (Phi) is 2.36. The molecule has 0 aliphatic carbocycles. The van der Waals surface area contributed by atoms with Crippen LogP contribution in [0.3, 0.4) is 0 Å². The van der Waals surface area contributed by atoms with E-state index in [1.54, 1.807) is 0 Å². The van der Waals surface area contributed by atoms with Crippen LogP contribution < -0.4 is 0 Å². The van der Waals surface area contributed by atoms with Gasteiger partial charge in [-0.2, -0.15) is 0 Å². The zero-order valence-electron chi connectivity index (χ0n) is 9.38. The Hall–Kier alpha value is -0.820. The molecule has 0 amide bonds. The zero-order valence-corrected chi connectivity index (χ0v) is 9.38. The molecular formula is C13H19N. The van der Waals surface area contributed by atoms with E-state index in [2.05, 4.69) is 50.1 Å². The van der Waals surface area contributed by atoms with Crippen LogP contribution >= 0.6 is 0 Å². The maximum absolute atomic E-state index is 2.43. The molecule has 0 unspecified atom stereocenters. The fraction of sp³-hybridized carbons (Fsp3) is 0.538. The minimum atomic E-state index is 0.293. The number of hydrogen-bond acceptors (Lipinski definition) is 1. The monoisotopic (exact) mass is 189 g/mol. The minimum absolute atomic E-state index is 0.293. The lowest BCUT2D eigenvalue weighted by Gasteiger charge is -2.28. The number of fused-ring (bicyclic) bond motifs is 1. The van der Waals surface area contributed by atoms with Crippen molar-refractivity contribution in [3.05, 3.63) is 35.4 Å². The first-order valence-corrected chi connectivity index (χ1v) is 5.36. The first-order valence-electron chi connectivity index (χ1n) is 5.36. The van der Waals surface area contributed by atoms with Crippen molar-refractivity contribution in [3.8, 4) is 0 Å². The van der Waals surface area contributed by atoms with Crippen molar-refractivity contribution in [3.63, 3.8) is 0 Å². The molecule has 0 saturated heterocycles. The summed E-state index contributed by atoms with van der Waals surface area (Å²) in [6, 6.07) is 8.87. The van der Waals surface area contributed by atoms with Gasteiger partial charge in [-0.05, 0) is 24.6 Å². The van der Waals surface area contributed by atoms with Crippen molar-refractivity contribution < 1.29 is 0 Å². The molecule has 1 heteroatoms. The Bertz CT molecular complexity index is 328. The summed E-state index contributed by atoms with van der Waals surface area (Å²) in [5.41, 5.74) is 3.35. The van der Waals surface area contributed by atoms with Gasteiger partial charge in [-0.1, -0.05) is 38.1 Å². The van der Waals surface area contributed by atoms with E-state index in [1.165, 1.54) is 24.1 Å². The fourth-order valence-corrected chi connectivity index (χ4v) is 2.55. The molecule has 1 heterocycles. The van der Waals surface area contributed by atoms with Gasteiger partial charge in [0.25, 0.3) is 0 Å². The molecule has 0 radical (unpaired) electrons. The van der Waals surface area contributed by atoms with Crippen LogP contribution in [-0.2, 0) is 11.8 Å². The van der Waals surface area contributed by atoms with Gasteiger partial charge in [0.2, 0.25) is 0 Å². The molecule has 1 nitrogen and oxygen atoms in total.